The van der Waals surface area contributed by atoms with E-state index in [9.17, 15) is 8.42 Å². The van der Waals surface area contributed by atoms with Gasteiger partial charge in [0.05, 0.1) is 5.75 Å². The molecule has 0 spiro atoms. The van der Waals surface area contributed by atoms with Crippen LogP contribution in [-0.2, 0) is 22.2 Å². The van der Waals surface area contributed by atoms with Crippen LogP contribution < -0.4 is 0 Å². The maximum absolute atomic E-state index is 12.6. The van der Waals surface area contributed by atoms with Crippen LogP contribution in [0.1, 0.15) is 24.1 Å². The molecule has 1 aliphatic rings. The van der Waals surface area contributed by atoms with Gasteiger partial charge in [-0.15, -0.1) is 0 Å². The van der Waals surface area contributed by atoms with E-state index < -0.39 is 10.0 Å². The number of aromatic nitrogens is 2. The van der Waals surface area contributed by atoms with E-state index in [0.717, 1.165) is 30.5 Å². The average molecular weight is 319 g/mol. The van der Waals surface area contributed by atoms with Crippen LogP contribution in [-0.4, -0.2) is 36.0 Å². The van der Waals surface area contributed by atoms with Gasteiger partial charge in [0, 0.05) is 25.0 Å². The number of hydrogen-bond donors (Lipinski definition) is 1. The molecule has 1 saturated heterocycles. The number of sulfonamides is 1. The maximum Gasteiger partial charge on any atom is 0.218 e. The van der Waals surface area contributed by atoms with Gasteiger partial charge in [0.25, 0.3) is 0 Å². The molecule has 6 heteroatoms. The van der Waals surface area contributed by atoms with Crippen LogP contribution >= 0.6 is 0 Å². The Morgan fingerprint density at radius 2 is 2.05 bits per heavy atom. The molecule has 0 aliphatic carbocycles. The van der Waals surface area contributed by atoms with Gasteiger partial charge in [-0.2, -0.15) is 5.10 Å². The van der Waals surface area contributed by atoms with Gasteiger partial charge < -0.3 is 0 Å². The fourth-order valence-electron chi connectivity index (χ4n) is 3.03. The van der Waals surface area contributed by atoms with E-state index in [4.69, 9.17) is 0 Å². The van der Waals surface area contributed by atoms with Crippen LogP contribution in [0.3, 0.4) is 0 Å². The Balaban J connectivity index is 1.65. The van der Waals surface area contributed by atoms with Gasteiger partial charge in [-0.05, 0) is 36.8 Å². The predicted octanol–water partition coefficient (Wildman–Crippen LogP) is 2.19. The Labute approximate surface area is 131 Å². The summed E-state index contributed by atoms with van der Waals surface area (Å²) in [5.74, 6) is 0.449. The molecule has 0 saturated carbocycles. The zero-order valence-corrected chi connectivity index (χ0v) is 13.3. The lowest BCUT2D eigenvalue weighted by Gasteiger charge is -2.31. The van der Waals surface area contributed by atoms with Crippen LogP contribution in [0.15, 0.2) is 42.6 Å². The molecule has 1 aromatic heterocycles. The maximum atomic E-state index is 12.6. The van der Waals surface area contributed by atoms with Crippen LogP contribution in [0.5, 0.6) is 0 Å². The summed E-state index contributed by atoms with van der Waals surface area (Å²) < 4.78 is 26.9. The van der Waals surface area contributed by atoms with Gasteiger partial charge in [0.1, 0.15) is 0 Å². The zero-order chi connectivity index (χ0) is 15.4. The minimum absolute atomic E-state index is 0.0879. The van der Waals surface area contributed by atoms with Gasteiger partial charge in [-0.1, -0.05) is 30.3 Å². The van der Waals surface area contributed by atoms with E-state index in [1.165, 1.54) is 0 Å². The third kappa shape index (κ3) is 3.75. The lowest BCUT2D eigenvalue weighted by molar-refractivity contribution is 0.264. The van der Waals surface area contributed by atoms with Crippen molar-refractivity contribution in [1.82, 2.24) is 14.5 Å². The Kier molecular flexibility index (Phi) is 4.59. The third-order valence-electron chi connectivity index (χ3n) is 4.13. The molecule has 1 fully saturated rings. The fourth-order valence-corrected chi connectivity index (χ4v) is 4.67. The zero-order valence-electron chi connectivity index (χ0n) is 12.5. The number of aromatic amines is 1. The number of hydrogen-bond acceptors (Lipinski definition) is 3. The standard InChI is InChI=1S/C16H21N3O2S/c20-22(21,13-14-5-2-1-3-6-14)19-10-4-7-15(12-19)11-16-8-9-17-18-16/h1-3,5-6,8-9,15H,4,7,10-13H2,(H,17,18)/t15-/m1/s1. The third-order valence-corrected chi connectivity index (χ3v) is 5.95. The first-order valence-electron chi connectivity index (χ1n) is 7.63. The molecular formula is C16H21N3O2S. The lowest BCUT2D eigenvalue weighted by atomic mass is 9.95. The molecule has 0 bridgehead atoms. The van der Waals surface area contributed by atoms with Crippen molar-refractivity contribution in [2.45, 2.75) is 25.0 Å². The monoisotopic (exact) mass is 319 g/mol. The van der Waals surface area contributed by atoms with Crippen LogP contribution in [0.4, 0.5) is 0 Å². The molecule has 1 aromatic carbocycles. The number of nitrogens with one attached hydrogen (secondary N) is 1. The number of piperidine rings is 1. The van der Waals surface area contributed by atoms with E-state index in [0.29, 0.717) is 19.0 Å². The summed E-state index contributed by atoms with van der Waals surface area (Å²) in [5, 5.41) is 6.91. The molecule has 5 nitrogen and oxygen atoms in total. The van der Waals surface area contributed by atoms with Gasteiger partial charge in [0.15, 0.2) is 0 Å². The average Bonchev–Trinajstić information content (AvgIpc) is 3.01. The SMILES string of the molecule is O=S(=O)(Cc1ccccc1)N1CCC[C@H](Cc2ccn[nH]2)C1. The Morgan fingerprint density at radius 1 is 1.23 bits per heavy atom. The molecule has 1 atom stereocenters. The summed E-state index contributed by atoms with van der Waals surface area (Å²) >= 11 is 0. The van der Waals surface area contributed by atoms with Crippen LogP contribution in [0.2, 0.25) is 0 Å². The summed E-state index contributed by atoms with van der Waals surface area (Å²) in [4.78, 5) is 0. The largest absolute Gasteiger partial charge is 0.283 e. The Bertz CT molecular complexity index is 683. The Morgan fingerprint density at radius 3 is 2.77 bits per heavy atom. The lowest BCUT2D eigenvalue weighted by Crippen LogP contribution is -2.41. The summed E-state index contributed by atoms with van der Waals surface area (Å²) in [6.07, 6.45) is 4.59. The summed E-state index contributed by atoms with van der Waals surface area (Å²) in [7, 11) is -3.24. The number of benzene rings is 1. The topological polar surface area (TPSA) is 66.1 Å². The number of rotatable bonds is 5. The first-order chi connectivity index (χ1) is 10.6. The molecule has 2 aromatic rings. The first-order valence-corrected chi connectivity index (χ1v) is 9.24. The van der Waals surface area contributed by atoms with E-state index in [1.54, 1.807) is 10.5 Å². The first kappa shape index (κ1) is 15.2. The molecule has 0 radical (unpaired) electrons. The van der Waals surface area contributed by atoms with Gasteiger partial charge >= 0.3 is 0 Å². The van der Waals surface area contributed by atoms with E-state index in [-0.39, 0.29) is 5.75 Å². The molecule has 3 rings (SSSR count). The number of H-pyrrole nitrogens is 1. The molecule has 2 heterocycles. The molecule has 0 unspecified atom stereocenters. The second-order valence-corrected chi connectivity index (χ2v) is 7.86. The molecular weight excluding hydrogens is 298 g/mol. The summed E-state index contributed by atoms with van der Waals surface area (Å²) in [6.45, 7) is 1.24. The molecule has 0 amide bonds. The van der Waals surface area contributed by atoms with Crippen molar-refractivity contribution < 1.29 is 8.42 Å². The summed E-state index contributed by atoms with van der Waals surface area (Å²) in [5.41, 5.74) is 1.92. The predicted molar refractivity (Wildman–Crippen MR) is 85.7 cm³/mol. The Hall–Kier alpha value is -1.66. The van der Waals surface area contributed by atoms with Crippen LogP contribution in [0.25, 0.3) is 0 Å². The normalized spacial score (nSPS) is 20.1. The minimum Gasteiger partial charge on any atom is -0.283 e. The van der Waals surface area contributed by atoms with Crippen molar-refractivity contribution in [3.63, 3.8) is 0 Å². The van der Waals surface area contributed by atoms with E-state index >= 15 is 0 Å². The van der Waals surface area contributed by atoms with Crippen molar-refractivity contribution in [3.8, 4) is 0 Å². The van der Waals surface area contributed by atoms with Crippen LogP contribution in [0, 0.1) is 5.92 Å². The van der Waals surface area contributed by atoms with Crippen molar-refractivity contribution in [2.75, 3.05) is 13.1 Å². The summed E-state index contributed by atoms with van der Waals surface area (Å²) in [6, 6.07) is 11.3. The fraction of sp³-hybridized carbons (Fsp3) is 0.438. The highest BCUT2D eigenvalue weighted by Gasteiger charge is 2.29. The smallest absolute Gasteiger partial charge is 0.218 e. The van der Waals surface area contributed by atoms with E-state index in [1.807, 2.05) is 36.4 Å². The van der Waals surface area contributed by atoms with Crippen molar-refractivity contribution in [2.24, 2.45) is 5.92 Å². The second kappa shape index (κ2) is 6.62. The minimum atomic E-state index is -3.24. The molecule has 1 N–H and O–H groups in total. The highest BCUT2D eigenvalue weighted by atomic mass is 32.2. The van der Waals surface area contributed by atoms with Crippen molar-refractivity contribution in [1.29, 1.82) is 0 Å². The highest BCUT2D eigenvalue weighted by molar-refractivity contribution is 7.88. The molecule has 22 heavy (non-hydrogen) atoms. The van der Waals surface area contributed by atoms with Crippen molar-refractivity contribution in [3.05, 3.63) is 53.9 Å². The van der Waals surface area contributed by atoms with Gasteiger partial charge in [-0.25, -0.2) is 12.7 Å². The molecule has 1 aliphatic heterocycles. The van der Waals surface area contributed by atoms with Crippen molar-refractivity contribution >= 4 is 10.0 Å². The number of nitrogens with zero attached hydrogens (tertiary/aromatic N) is 2. The quantitative estimate of drug-likeness (QED) is 0.919. The molecule has 118 valence electrons. The van der Waals surface area contributed by atoms with E-state index in [2.05, 4.69) is 10.2 Å². The highest BCUT2D eigenvalue weighted by Crippen LogP contribution is 2.23. The van der Waals surface area contributed by atoms with Gasteiger partial charge in [-0.3, -0.25) is 5.10 Å². The second-order valence-electron chi connectivity index (χ2n) is 5.89. The van der Waals surface area contributed by atoms with Gasteiger partial charge in [0.2, 0.25) is 10.0 Å².